The molecule has 24 heavy (non-hydrogen) atoms. The summed E-state index contributed by atoms with van der Waals surface area (Å²) in [5.41, 5.74) is 11.6. The smallest absolute Gasteiger partial charge is 0.0377 e. The molecule has 4 fully saturated rings. The Hall–Kier alpha value is -0.950. The zero-order chi connectivity index (χ0) is 16.9. The van der Waals surface area contributed by atoms with Gasteiger partial charge < -0.3 is 0 Å². The molecule has 0 heterocycles. The van der Waals surface area contributed by atoms with Crippen molar-refractivity contribution in [3.63, 3.8) is 0 Å². The quantitative estimate of drug-likeness (QED) is 0.224. The summed E-state index contributed by atoms with van der Waals surface area (Å²) in [5, 5.41) is 4.07. The van der Waals surface area contributed by atoms with E-state index >= 15 is 0 Å². The molecule has 0 aromatic carbocycles. The number of nitrogens with zero attached hydrogens (tertiary/aromatic N) is 3. The van der Waals surface area contributed by atoms with E-state index in [9.17, 15) is 0 Å². The number of rotatable bonds is 1. The molecular formula is C21H33N3. The van der Waals surface area contributed by atoms with E-state index < -0.39 is 0 Å². The number of allylic oxidation sites excluding steroid dienone is 2. The summed E-state index contributed by atoms with van der Waals surface area (Å²) in [6, 6.07) is 0.264. The fourth-order valence-corrected chi connectivity index (χ4v) is 7.74. The molecule has 4 aliphatic rings. The molecule has 0 aliphatic heterocycles. The average molecular weight is 328 g/mol. The number of hydrogen-bond acceptors (Lipinski definition) is 1. The second kappa shape index (κ2) is 5.80. The van der Waals surface area contributed by atoms with Crippen LogP contribution in [-0.2, 0) is 0 Å². The predicted molar refractivity (Wildman–Crippen MR) is 98.4 cm³/mol. The van der Waals surface area contributed by atoms with Gasteiger partial charge in [0.1, 0.15) is 0 Å². The Balaban J connectivity index is 1.59. The molecule has 0 radical (unpaired) electrons. The van der Waals surface area contributed by atoms with E-state index in [-0.39, 0.29) is 6.04 Å². The van der Waals surface area contributed by atoms with Crippen LogP contribution in [0.25, 0.3) is 10.4 Å². The highest BCUT2D eigenvalue weighted by Crippen LogP contribution is 2.67. The molecule has 7 atom stereocenters. The Kier molecular flexibility index (Phi) is 3.99. The number of fused-ring (bicyclic) bond motifs is 5. The van der Waals surface area contributed by atoms with E-state index in [1.165, 1.54) is 44.9 Å². The first-order valence-corrected chi connectivity index (χ1v) is 10.2. The summed E-state index contributed by atoms with van der Waals surface area (Å²) in [6.07, 6.45) is 14.4. The molecular weight excluding hydrogens is 294 g/mol. The van der Waals surface area contributed by atoms with Gasteiger partial charge in [0.25, 0.3) is 0 Å². The maximum atomic E-state index is 8.80. The van der Waals surface area contributed by atoms with Gasteiger partial charge in [-0.3, -0.25) is 0 Å². The van der Waals surface area contributed by atoms with Crippen LogP contribution in [0, 0.1) is 34.5 Å². The molecule has 3 heteroatoms. The normalized spacial score (nSPS) is 52.1. The van der Waals surface area contributed by atoms with E-state index in [1.54, 1.807) is 5.57 Å². The lowest BCUT2D eigenvalue weighted by atomic mass is 9.45. The van der Waals surface area contributed by atoms with E-state index in [2.05, 4.69) is 36.9 Å². The fraction of sp³-hybridized carbons (Fsp3) is 0.905. The monoisotopic (exact) mass is 327 g/mol. The molecule has 4 unspecified atom stereocenters. The molecule has 0 amide bonds. The van der Waals surface area contributed by atoms with Gasteiger partial charge in [-0.1, -0.05) is 30.6 Å². The predicted octanol–water partition coefficient (Wildman–Crippen LogP) is 6.65. The molecule has 0 aromatic rings. The van der Waals surface area contributed by atoms with Gasteiger partial charge in [0.2, 0.25) is 0 Å². The SMILES string of the molecule is C/C=C1/CCC2C3CCC4C[C@H](N=[N+]=[N-])CC[C@]4(C)C3CC[C@]12C. The summed E-state index contributed by atoms with van der Waals surface area (Å²) in [5.74, 6) is 3.57. The van der Waals surface area contributed by atoms with Crippen molar-refractivity contribution in [3.05, 3.63) is 22.1 Å². The standard InChI is InChI=1S/C21H33N3/c1-4-14-6-8-18-17-7-5-15-13-16(23-24-22)9-11-21(15,3)19(17)10-12-20(14,18)2/h4,15-19H,5-13H2,1-3H3/b14-4-/t15?,16-,17?,18?,19?,20-,21+/m1/s1. The molecule has 4 saturated carbocycles. The van der Waals surface area contributed by atoms with Crippen molar-refractivity contribution >= 4 is 0 Å². The molecule has 3 nitrogen and oxygen atoms in total. The van der Waals surface area contributed by atoms with Gasteiger partial charge in [0.15, 0.2) is 0 Å². The van der Waals surface area contributed by atoms with Crippen LogP contribution in [0.5, 0.6) is 0 Å². The lowest BCUT2D eigenvalue weighted by molar-refractivity contribution is -0.0998. The van der Waals surface area contributed by atoms with Crippen molar-refractivity contribution in [2.24, 2.45) is 39.6 Å². The molecule has 0 saturated heterocycles. The van der Waals surface area contributed by atoms with E-state index in [4.69, 9.17) is 5.53 Å². The van der Waals surface area contributed by atoms with Gasteiger partial charge in [0.05, 0.1) is 0 Å². The van der Waals surface area contributed by atoms with E-state index in [0.29, 0.717) is 10.8 Å². The van der Waals surface area contributed by atoms with Crippen molar-refractivity contribution in [1.82, 2.24) is 0 Å². The number of hydrogen-bond donors (Lipinski definition) is 0. The van der Waals surface area contributed by atoms with Crippen LogP contribution in [0.2, 0.25) is 0 Å². The summed E-state index contributed by atoms with van der Waals surface area (Å²) in [7, 11) is 0. The van der Waals surface area contributed by atoms with Crippen molar-refractivity contribution < 1.29 is 0 Å². The van der Waals surface area contributed by atoms with Gasteiger partial charge in [0, 0.05) is 11.0 Å². The molecule has 4 aliphatic carbocycles. The zero-order valence-corrected chi connectivity index (χ0v) is 15.7. The van der Waals surface area contributed by atoms with Crippen molar-refractivity contribution in [2.45, 2.75) is 84.6 Å². The summed E-state index contributed by atoms with van der Waals surface area (Å²) >= 11 is 0. The highest BCUT2D eigenvalue weighted by atomic mass is 15.1. The zero-order valence-electron chi connectivity index (χ0n) is 15.7. The molecule has 0 spiro atoms. The molecule has 0 N–H and O–H groups in total. The lowest BCUT2D eigenvalue weighted by Gasteiger charge is -2.60. The van der Waals surface area contributed by atoms with Crippen molar-refractivity contribution in [1.29, 1.82) is 0 Å². The minimum absolute atomic E-state index is 0.264. The maximum Gasteiger partial charge on any atom is 0.0377 e. The van der Waals surface area contributed by atoms with Crippen molar-refractivity contribution in [3.8, 4) is 0 Å². The Morgan fingerprint density at radius 2 is 1.92 bits per heavy atom. The molecule has 0 bridgehead atoms. The summed E-state index contributed by atoms with van der Waals surface area (Å²) < 4.78 is 0. The van der Waals surface area contributed by atoms with Crippen LogP contribution in [0.3, 0.4) is 0 Å². The van der Waals surface area contributed by atoms with Gasteiger partial charge in [-0.2, -0.15) is 0 Å². The topological polar surface area (TPSA) is 48.8 Å². The highest BCUT2D eigenvalue weighted by Gasteiger charge is 2.58. The first-order chi connectivity index (χ1) is 11.5. The number of azide groups is 1. The first kappa shape index (κ1) is 16.5. The van der Waals surface area contributed by atoms with Gasteiger partial charge in [-0.25, -0.2) is 0 Å². The van der Waals surface area contributed by atoms with Crippen LogP contribution >= 0.6 is 0 Å². The largest absolute Gasteiger partial charge is 0.0906 e. The summed E-state index contributed by atoms with van der Waals surface area (Å²) in [6.45, 7) is 7.42. The van der Waals surface area contributed by atoms with E-state index in [1.807, 2.05) is 0 Å². The Bertz CT molecular complexity index is 590. The van der Waals surface area contributed by atoms with Crippen LogP contribution in [0.4, 0.5) is 0 Å². The van der Waals surface area contributed by atoms with E-state index in [0.717, 1.165) is 36.5 Å². The Morgan fingerprint density at radius 3 is 2.67 bits per heavy atom. The van der Waals surface area contributed by atoms with Crippen LogP contribution in [0.1, 0.15) is 78.6 Å². The molecule has 4 rings (SSSR count). The molecule has 0 aromatic heterocycles. The van der Waals surface area contributed by atoms with Crippen LogP contribution in [-0.4, -0.2) is 6.04 Å². The third kappa shape index (κ3) is 2.20. The fourth-order valence-electron chi connectivity index (χ4n) is 7.74. The summed E-state index contributed by atoms with van der Waals surface area (Å²) in [4.78, 5) is 3.09. The highest BCUT2D eigenvalue weighted by molar-refractivity contribution is 5.23. The van der Waals surface area contributed by atoms with Gasteiger partial charge in [-0.05, 0) is 105 Å². The first-order valence-electron chi connectivity index (χ1n) is 10.2. The van der Waals surface area contributed by atoms with Crippen LogP contribution < -0.4 is 0 Å². The maximum absolute atomic E-state index is 8.80. The third-order valence-electron chi connectivity index (χ3n) is 9.05. The second-order valence-corrected chi connectivity index (χ2v) is 9.60. The van der Waals surface area contributed by atoms with Gasteiger partial charge >= 0.3 is 0 Å². The molecule has 132 valence electrons. The Labute approximate surface area is 146 Å². The third-order valence-corrected chi connectivity index (χ3v) is 9.05. The Morgan fingerprint density at radius 1 is 1.08 bits per heavy atom. The van der Waals surface area contributed by atoms with Crippen LogP contribution in [0.15, 0.2) is 16.8 Å². The minimum atomic E-state index is 0.264. The average Bonchev–Trinajstić information content (AvgIpc) is 2.92. The lowest BCUT2D eigenvalue weighted by Crippen LogP contribution is -2.53. The second-order valence-electron chi connectivity index (χ2n) is 9.60. The minimum Gasteiger partial charge on any atom is -0.0906 e. The van der Waals surface area contributed by atoms with Gasteiger partial charge in [-0.15, -0.1) is 0 Å². The van der Waals surface area contributed by atoms with Crippen molar-refractivity contribution in [2.75, 3.05) is 0 Å².